The summed E-state index contributed by atoms with van der Waals surface area (Å²) in [6.45, 7) is 6.54. The number of amides is 2. The van der Waals surface area contributed by atoms with Crippen LogP contribution in [0.1, 0.15) is 39.3 Å². The molecule has 152 valence electrons. The zero-order chi connectivity index (χ0) is 21.0. The summed E-state index contributed by atoms with van der Waals surface area (Å²) in [6.07, 6.45) is -0.871. The zero-order valence-electron chi connectivity index (χ0n) is 16.3. The van der Waals surface area contributed by atoms with E-state index >= 15 is 0 Å². The number of methoxy groups -OCH3 is 1. The number of urea groups is 1. The molecule has 28 heavy (non-hydrogen) atoms. The number of rotatable bonds is 7. The van der Waals surface area contributed by atoms with Gasteiger partial charge in [0.25, 0.3) is 0 Å². The number of benzene rings is 1. The number of halogens is 1. The van der Waals surface area contributed by atoms with Crippen LogP contribution >= 0.6 is 11.6 Å². The topological polar surface area (TPSA) is 103 Å². The molecule has 2 amide bonds. The number of Topliss-reactive ketones (excluding diaryl/α,β-unsaturated/α-hetero) is 1. The summed E-state index contributed by atoms with van der Waals surface area (Å²) in [4.78, 5) is 35.9. The first-order valence-corrected chi connectivity index (χ1v) is 9.07. The molecule has 0 aromatic heterocycles. The number of carbonyl (C=O) groups is 3. The highest BCUT2D eigenvalue weighted by Crippen LogP contribution is 2.39. The van der Waals surface area contributed by atoms with E-state index in [1.54, 1.807) is 26.8 Å². The highest BCUT2D eigenvalue weighted by atomic mass is 35.5. The summed E-state index contributed by atoms with van der Waals surface area (Å²) in [7, 11) is 1.43. The Morgan fingerprint density at radius 1 is 1.29 bits per heavy atom. The number of esters is 1. The summed E-state index contributed by atoms with van der Waals surface area (Å²) in [5.74, 6) is -0.194. The van der Waals surface area contributed by atoms with Gasteiger partial charge < -0.3 is 24.8 Å². The van der Waals surface area contributed by atoms with Crippen LogP contribution in [0.15, 0.2) is 23.4 Å². The number of nitrogens with one attached hydrogen (secondary N) is 2. The second-order valence-corrected chi connectivity index (χ2v) is 6.57. The van der Waals surface area contributed by atoms with E-state index in [4.69, 9.17) is 25.8 Å². The average Bonchev–Trinajstić information content (AvgIpc) is 2.60. The minimum atomic E-state index is -0.871. The minimum absolute atomic E-state index is 0.207. The molecule has 8 nitrogen and oxygen atoms in total. The minimum Gasteiger partial charge on any atom is -0.493 e. The van der Waals surface area contributed by atoms with Gasteiger partial charge >= 0.3 is 12.0 Å². The Morgan fingerprint density at radius 2 is 1.96 bits per heavy atom. The molecule has 1 heterocycles. The Labute approximate surface area is 168 Å². The number of ether oxygens (including phenoxy) is 3. The molecule has 1 aromatic carbocycles. The molecule has 0 bridgehead atoms. The lowest BCUT2D eigenvalue weighted by Crippen LogP contribution is -2.44. The molecular weight excluding hydrogens is 388 g/mol. The molecule has 1 aromatic rings. The van der Waals surface area contributed by atoms with Crippen molar-refractivity contribution in [3.63, 3.8) is 0 Å². The van der Waals surface area contributed by atoms with Crippen molar-refractivity contribution in [2.75, 3.05) is 13.7 Å². The number of ketones is 1. The molecule has 0 fully saturated rings. The molecule has 0 aliphatic carbocycles. The summed E-state index contributed by atoms with van der Waals surface area (Å²) in [5, 5.41) is 5.52. The van der Waals surface area contributed by atoms with Gasteiger partial charge in [-0.05, 0) is 33.8 Å². The molecule has 0 saturated heterocycles. The van der Waals surface area contributed by atoms with Crippen molar-refractivity contribution in [3.05, 3.63) is 34.0 Å². The molecule has 9 heteroatoms. The molecule has 0 spiro atoms. The Bertz CT molecular complexity index is 836. The maximum Gasteiger partial charge on any atom is 0.347 e. The third kappa shape index (κ3) is 4.56. The van der Waals surface area contributed by atoms with E-state index in [0.717, 1.165) is 0 Å². The van der Waals surface area contributed by atoms with E-state index in [1.807, 2.05) is 0 Å². The highest BCUT2D eigenvalue weighted by Gasteiger charge is 2.32. The second-order valence-electron chi connectivity index (χ2n) is 6.16. The first-order valence-electron chi connectivity index (χ1n) is 8.69. The molecule has 0 unspecified atom stereocenters. The summed E-state index contributed by atoms with van der Waals surface area (Å²) >= 11 is 6.42. The van der Waals surface area contributed by atoms with Gasteiger partial charge in [-0.15, -0.1) is 0 Å². The van der Waals surface area contributed by atoms with E-state index in [1.165, 1.54) is 20.1 Å². The van der Waals surface area contributed by atoms with Gasteiger partial charge in [-0.1, -0.05) is 11.6 Å². The quantitative estimate of drug-likeness (QED) is 0.670. The van der Waals surface area contributed by atoms with Crippen molar-refractivity contribution in [1.82, 2.24) is 10.6 Å². The lowest BCUT2D eigenvalue weighted by atomic mass is 9.92. The predicted molar refractivity (Wildman–Crippen MR) is 103 cm³/mol. The second kappa shape index (κ2) is 8.97. The van der Waals surface area contributed by atoms with E-state index < -0.39 is 24.1 Å². The van der Waals surface area contributed by atoms with E-state index in [9.17, 15) is 14.4 Å². The van der Waals surface area contributed by atoms with Crippen molar-refractivity contribution in [1.29, 1.82) is 0 Å². The number of carbonyl (C=O) groups excluding carboxylic acids is 3. The highest BCUT2D eigenvalue weighted by molar-refractivity contribution is 6.31. The van der Waals surface area contributed by atoms with Crippen LogP contribution in [0.25, 0.3) is 0 Å². The van der Waals surface area contributed by atoms with E-state index in [2.05, 4.69) is 10.6 Å². The van der Waals surface area contributed by atoms with Crippen molar-refractivity contribution in [2.45, 2.75) is 39.8 Å². The Kier molecular flexibility index (Phi) is 6.90. The van der Waals surface area contributed by atoms with Gasteiger partial charge in [-0.25, -0.2) is 9.59 Å². The van der Waals surface area contributed by atoms with Crippen LogP contribution in [0.4, 0.5) is 4.79 Å². The van der Waals surface area contributed by atoms with Gasteiger partial charge in [0.1, 0.15) is 0 Å². The van der Waals surface area contributed by atoms with Gasteiger partial charge in [0.15, 0.2) is 23.4 Å². The van der Waals surface area contributed by atoms with Crippen LogP contribution < -0.4 is 20.1 Å². The van der Waals surface area contributed by atoms with Crippen LogP contribution in [-0.2, 0) is 14.3 Å². The van der Waals surface area contributed by atoms with Crippen LogP contribution in [-0.4, -0.2) is 37.6 Å². The van der Waals surface area contributed by atoms with Crippen molar-refractivity contribution in [3.8, 4) is 11.5 Å². The standard InChI is InChI=1S/C19H23ClN2O6/c1-6-27-18(24)11(4)28-15-8-13(20)12(7-14(15)26-5)17-16(10(3)23)9(2)21-19(25)22-17/h7-8,11,17H,6H2,1-5H3,(H2,21,22,25)/t11-,17+/m1/s1. The molecule has 2 N–H and O–H groups in total. The van der Waals surface area contributed by atoms with Gasteiger partial charge in [-0.3, -0.25) is 4.79 Å². The predicted octanol–water partition coefficient (Wildman–Crippen LogP) is 2.90. The molecule has 0 radical (unpaired) electrons. The van der Waals surface area contributed by atoms with Crippen LogP contribution in [0.5, 0.6) is 11.5 Å². The molecule has 1 aliphatic rings. The third-order valence-electron chi connectivity index (χ3n) is 4.16. The van der Waals surface area contributed by atoms with Crippen molar-refractivity contribution >= 4 is 29.4 Å². The van der Waals surface area contributed by atoms with Gasteiger partial charge in [-0.2, -0.15) is 0 Å². The monoisotopic (exact) mass is 410 g/mol. The van der Waals surface area contributed by atoms with E-state index in [-0.39, 0.29) is 23.2 Å². The Hall–Kier alpha value is -2.74. The maximum absolute atomic E-state index is 12.1. The fourth-order valence-electron chi connectivity index (χ4n) is 2.92. The summed E-state index contributed by atoms with van der Waals surface area (Å²) in [5.41, 5.74) is 1.30. The maximum atomic E-state index is 12.1. The largest absolute Gasteiger partial charge is 0.493 e. The first-order chi connectivity index (χ1) is 13.2. The Morgan fingerprint density at radius 3 is 2.54 bits per heavy atom. The van der Waals surface area contributed by atoms with Crippen LogP contribution in [0.2, 0.25) is 5.02 Å². The summed E-state index contributed by atoms with van der Waals surface area (Å²) in [6, 6.07) is 1.86. The van der Waals surface area contributed by atoms with Crippen LogP contribution in [0.3, 0.4) is 0 Å². The fourth-order valence-corrected chi connectivity index (χ4v) is 3.18. The zero-order valence-corrected chi connectivity index (χ0v) is 17.1. The lowest BCUT2D eigenvalue weighted by Gasteiger charge is -2.29. The number of allylic oxidation sites excluding steroid dienone is 1. The third-order valence-corrected chi connectivity index (χ3v) is 4.49. The average molecular weight is 411 g/mol. The molecular formula is C19H23ClN2O6. The van der Waals surface area contributed by atoms with Crippen molar-refractivity contribution in [2.24, 2.45) is 0 Å². The fraction of sp³-hybridized carbons (Fsp3) is 0.421. The lowest BCUT2D eigenvalue weighted by molar-refractivity contribution is -0.150. The first kappa shape index (κ1) is 21.6. The summed E-state index contributed by atoms with van der Waals surface area (Å²) < 4.78 is 15.9. The normalized spacial score (nSPS) is 17.4. The van der Waals surface area contributed by atoms with Gasteiger partial charge in [0.2, 0.25) is 0 Å². The molecule has 2 atom stereocenters. The molecule has 2 rings (SSSR count). The SMILES string of the molecule is CCOC(=O)[C@@H](C)Oc1cc(Cl)c([C@@H]2NC(=O)NC(C)=C2C(C)=O)cc1OC. The van der Waals surface area contributed by atoms with Gasteiger partial charge in [0, 0.05) is 22.9 Å². The van der Waals surface area contributed by atoms with Crippen LogP contribution in [0, 0.1) is 0 Å². The smallest absolute Gasteiger partial charge is 0.347 e. The van der Waals surface area contributed by atoms with Gasteiger partial charge in [0.05, 0.1) is 24.8 Å². The molecule has 1 aliphatic heterocycles. The van der Waals surface area contributed by atoms with Crippen molar-refractivity contribution < 1.29 is 28.6 Å². The number of hydrogen-bond acceptors (Lipinski definition) is 6. The Balaban J connectivity index is 2.45. The molecule has 0 saturated carbocycles. The number of hydrogen-bond donors (Lipinski definition) is 2. The van der Waals surface area contributed by atoms with E-state index in [0.29, 0.717) is 22.6 Å².